The lowest BCUT2D eigenvalue weighted by atomic mass is 10.1. The quantitative estimate of drug-likeness (QED) is 0.725. The highest BCUT2D eigenvalue weighted by Gasteiger charge is 2.17. The molecule has 0 aromatic heterocycles. The standard InChI is InChI=1S/C11H23N3O2.ClH/c1-9(2)10(12)11(15)13-3-4-14-5-7-16-8-6-14;/h9-10H,3-8,12H2,1-2H3,(H,13,15);1H/t10-;/m0./s1. The Kier molecular flexibility index (Phi) is 8.51. The van der Waals surface area contributed by atoms with Gasteiger partial charge in [0.15, 0.2) is 0 Å². The third-order valence-corrected chi connectivity index (χ3v) is 2.85. The number of morpholine rings is 1. The van der Waals surface area contributed by atoms with Crippen molar-refractivity contribution in [3.63, 3.8) is 0 Å². The van der Waals surface area contributed by atoms with Crippen molar-refractivity contribution in [1.82, 2.24) is 10.2 Å². The summed E-state index contributed by atoms with van der Waals surface area (Å²) in [7, 11) is 0. The molecule has 17 heavy (non-hydrogen) atoms. The van der Waals surface area contributed by atoms with Gasteiger partial charge in [-0.3, -0.25) is 9.69 Å². The fourth-order valence-corrected chi connectivity index (χ4v) is 1.58. The second-order valence-electron chi connectivity index (χ2n) is 4.51. The van der Waals surface area contributed by atoms with Crippen molar-refractivity contribution in [3.8, 4) is 0 Å². The van der Waals surface area contributed by atoms with Crippen LogP contribution in [0.2, 0.25) is 0 Å². The van der Waals surface area contributed by atoms with Gasteiger partial charge < -0.3 is 15.8 Å². The van der Waals surface area contributed by atoms with Crippen LogP contribution in [0.5, 0.6) is 0 Å². The van der Waals surface area contributed by atoms with Gasteiger partial charge in [-0.15, -0.1) is 12.4 Å². The Hall–Kier alpha value is -0.360. The Morgan fingerprint density at radius 2 is 2.00 bits per heavy atom. The zero-order chi connectivity index (χ0) is 12.0. The van der Waals surface area contributed by atoms with E-state index in [1.54, 1.807) is 0 Å². The van der Waals surface area contributed by atoms with Gasteiger partial charge in [0.1, 0.15) is 0 Å². The lowest BCUT2D eigenvalue weighted by Crippen LogP contribution is -2.47. The molecule has 6 heteroatoms. The van der Waals surface area contributed by atoms with Crippen LogP contribution < -0.4 is 11.1 Å². The Bertz CT molecular complexity index is 221. The van der Waals surface area contributed by atoms with Crippen LogP contribution in [-0.2, 0) is 9.53 Å². The van der Waals surface area contributed by atoms with Crippen LogP contribution in [0, 0.1) is 5.92 Å². The summed E-state index contributed by atoms with van der Waals surface area (Å²) in [5, 5.41) is 2.86. The van der Waals surface area contributed by atoms with E-state index in [2.05, 4.69) is 10.2 Å². The predicted molar refractivity (Wildman–Crippen MR) is 70.3 cm³/mol. The third kappa shape index (κ3) is 6.21. The van der Waals surface area contributed by atoms with E-state index < -0.39 is 6.04 Å². The summed E-state index contributed by atoms with van der Waals surface area (Å²) >= 11 is 0. The van der Waals surface area contributed by atoms with Crippen molar-refractivity contribution in [2.45, 2.75) is 19.9 Å². The number of amides is 1. The SMILES string of the molecule is CC(C)[C@H](N)C(=O)NCCN1CCOCC1.Cl. The van der Waals surface area contributed by atoms with Crippen molar-refractivity contribution >= 4 is 18.3 Å². The molecule has 102 valence electrons. The van der Waals surface area contributed by atoms with E-state index >= 15 is 0 Å². The number of carbonyl (C=O) groups is 1. The van der Waals surface area contributed by atoms with Crippen LogP contribution in [0.3, 0.4) is 0 Å². The van der Waals surface area contributed by atoms with Gasteiger partial charge in [0.2, 0.25) is 5.91 Å². The molecule has 0 unspecified atom stereocenters. The molecule has 0 aromatic rings. The van der Waals surface area contributed by atoms with E-state index in [9.17, 15) is 4.79 Å². The molecule has 0 aromatic carbocycles. The van der Waals surface area contributed by atoms with Gasteiger partial charge in [-0.2, -0.15) is 0 Å². The van der Waals surface area contributed by atoms with E-state index in [1.165, 1.54) is 0 Å². The van der Waals surface area contributed by atoms with E-state index in [4.69, 9.17) is 10.5 Å². The van der Waals surface area contributed by atoms with E-state index in [-0.39, 0.29) is 24.2 Å². The van der Waals surface area contributed by atoms with Gasteiger partial charge in [-0.05, 0) is 5.92 Å². The van der Waals surface area contributed by atoms with Crippen molar-refractivity contribution in [2.75, 3.05) is 39.4 Å². The molecular weight excluding hydrogens is 242 g/mol. The molecule has 0 spiro atoms. The molecule has 0 bridgehead atoms. The summed E-state index contributed by atoms with van der Waals surface area (Å²) < 4.78 is 5.25. The number of rotatable bonds is 5. The first kappa shape index (κ1) is 16.6. The average molecular weight is 266 g/mol. The number of halogens is 1. The normalized spacial score (nSPS) is 18.6. The lowest BCUT2D eigenvalue weighted by molar-refractivity contribution is -0.123. The predicted octanol–water partition coefficient (Wildman–Crippen LogP) is -0.160. The molecule has 1 fully saturated rings. The highest BCUT2D eigenvalue weighted by atomic mass is 35.5. The number of nitrogens with zero attached hydrogens (tertiary/aromatic N) is 1. The van der Waals surface area contributed by atoms with Crippen LogP contribution in [0.25, 0.3) is 0 Å². The largest absolute Gasteiger partial charge is 0.379 e. The number of hydrogen-bond donors (Lipinski definition) is 2. The number of hydrogen-bond acceptors (Lipinski definition) is 4. The first-order valence-electron chi connectivity index (χ1n) is 5.94. The van der Waals surface area contributed by atoms with Crippen LogP contribution in [-0.4, -0.2) is 56.2 Å². The number of ether oxygens (including phenoxy) is 1. The molecule has 0 saturated carbocycles. The Balaban J connectivity index is 0.00000256. The molecule has 1 atom stereocenters. The van der Waals surface area contributed by atoms with E-state index in [0.29, 0.717) is 6.54 Å². The number of carbonyl (C=O) groups excluding carboxylic acids is 1. The van der Waals surface area contributed by atoms with E-state index in [0.717, 1.165) is 32.8 Å². The highest BCUT2D eigenvalue weighted by Crippen LogP contribution is 1.98. The number of nitrogens with two attached hydrogens (primary N) is 1. The summed E-state index contributed by atoms with van der Waals surface area (Å²) in [5.41, 5.74) is 5.73. The molecule has 3 N–H and O–H groups in total. The molecule has 5 nitrogen and oxygen atoms in total. The van der Waals surface area contributed by atoms with Gasteiger partial charge >= 0.3 is 0 Å². The van der Waals surface area contributed by atoms with Gasteiger partial charge in [0, 0.05) is 26.2 Å². The molecule has 1 amide bonds. The summed E-state index contributed by atoms with van der Waals surface area (Å²) in [6.45, 7) is 8.93. The van der Waals surface area contributed by atoms with Gasteiger partial charge in [-0.25, -0.2) is 0 Å². The fraction of sp³-hybridized carbons (Fsp3) is 0.909. The average Bonchev–Trinajstić information content (AvgIpc) is 2.29. The molecule has 1 aliphatic heterocycles. The minimum atomic E-state index is -0.398. The number of nitrogens with one attached hydrogen (secondary N) is 1. The Morgan fingerprint density at radius 1 is 1.41 bits per heavy atom. The van der Waals surface area contributed by atoms with Crippen molar-refractivity contribution < 1.29 is 9.53 Å². The first-order chi connectivity index (χ1) is 7.61. The van der Waals surface area contributed by atoms with Crippen LogP contribution in [0.15, 0.2) is 0 Å². The van der Waals surface area contributed by atoms with Gasteiger partial charge in [-0.1, -0.05) is 13.8 Å². The summed E-state index contributed by atoms with van der Waals surface area (Å²) in [6, 6.07) is -0.398. The van der Waals surface area contributed by atoms with Crippen LogP contribution in [0.4, 0.5) is 0 Å². The van der Waals surface area contributed by atoms with Gasteiger partial charge in [0.05, 0.1) is 19.3 Å². The molecule has 1 saturated heterocycles. The topological polar surface area (TPSA) is 67.6 Å². The zero-order valence-electron chi connectivity index (χ0n) is 10.6. The maximum Gasteiger partial charge on any atom is 0.237 e. The lowest BCUT2D eigenvalue weighted by Gasteiger charge is -2.26. The summed E-state index contributed by atoms with van der Waals surface area (Å²) in [4.78, 5) is 13.8. The molecule has 0 radical (unpaired) electrons. The maximum atomic E-state index is 11.5. The monoisotopic (exact) mass is 265 g/mol. The Labute approximate surface area is 109 Å². The summed E-state index contributed by atoms with van der Waals surface area (Å²) in [5.74, 6) is 0.131. The highest BCUT2D eigenvalue weighted by molar-refractivity contribution is 5.85. The molecular formula is C11H24ClN3O2. The zero-order valence-corrected chi connectivity index (χ0v) is 11.5. The molecule has 0 aliphatic carbocycles. The van der Waals surface area contributed by atoms with Gasteiger partial charge in [0.25, 0.3) is 0 Å². The first-order valence-corrected chi connectivity index (χ1v) is 5.94. The van der Waals surface area contributed by atoms with Crippen molar-refractivity contribution in [3.05, 3.63) is 0 Å². The Morgan fingerprint density at radius 3 is 2.53 bits per heavy atom. The van der Waals surface area contributed by atoms with Crippen LogP contribution in [0.1, 0.15) is 13.8 Å². The maximum absolute atomic E-state index is 11.5. The minimum absolute atomic E-state index is 0. The second-order valence-corrected chi connectivity index (χ2v) is 4.51. The second kappa shape index (κ2) is 8.69. The summed E-state index contributed by atoms with van der Waals surface area (Å²) in [6.07, 6.45) is 0. The van der Waals surface area contributed by atoms with Crippen molar-refractivity contribution in [2.24, 2.45) is 11.7 Å². The fourth-order valence-electron chi connectivity index (χ4n) is 1.58. The smallest absolute Gasteiger partial charge is 0.237 e. The van der Waals surface area contributed by atoms with E-state index in [1.807, 2.05) is 13.8 Å². The minimum Gasteiger partial charge on any atom is -0.379 e. The third-order valence-electron chi connectivity index (χ3n) is 2.85. The van der Waals surface area contributed by atoms with Crippen LogP contribution >= 0.6 is 12.4 Å². The molecule has 1 aliphatic rings. The van der Waals surface area contributed by atoms with Crippen molar-refractivity contribution in [1.29, 1.82) is 0 Å². The molecule has 1 heterocycles. The molecule has 1 rings (SSSR count).